The number of thiol groups is 1. The highest BCUT2D eigenvalue weighted by Crippen LogP contribution is 2.14. The molecule has 0 bridgehead atoms. The van der Waals surface area contributed by atoms with E-state index in [-0.39, 0.29) is 23.2 Å². The molecule has 0 aliphatic heterocycles. The molecule has 0 spiro atoms. The van der Waals surface area contributed by atoms with Gasteiger partial charge in [0.1, 0.15) is 5.25 Å². The molecule has 3 heteroatoms. The molecule has 0 amide bonds. The van der Waals surface area contributed by atoms with Crippen LogP contribution in [0.15, 0.2) is 0 Å². The summed E-state index contributed by atoms with van der Waals surface area (Å²) in [5.74, 6) is 0.0458. The average Bonchev–Trinajstić information content (AvgIpc) is 2.23. The van der Waals surface area contributed by atoms with E-state index in [1.54, 1.807) is 0 Å². The van der Waals surface area contributed by atoms with E-state index < -0.39 is 0 Å². The summed E-state index contributed by atoms with van der Waals surface area (Å²) in [6, 6.07) is 0. The SMILES string of the molecule is CCCCCCC(C)OC(=O)C(S)C(C)C. The standard InChI is InChI=1S/C13H26O2S/c1-5-6-7-8-9-11(4)15-13(14)12(16)10(2)3/h10-12,16H,5-9H2,1-4H3. The summed E-state index contributed by atoms with van der Waals surface area (Å²) in [6.45, 7) is 8.11. The van der Waals surface area contributed by atoms with Crippen LogP contribution in [0.2, 0.25) is 0 Å². The predicted octanol–water partition coefficient (Wildman–Crippen LogP) is 3.84. The van der Waals surface area contributed by atoms with Gasteiger partial charge in [-0.2, -0.15) is 12.6 Å². The van der Waals surface area contributed by atoms with Crippen molar-refractivity contribution >= 4 is 18.6 Å². The Labute approximate surface area is 106 Å². The minimum Gasteiger partial charge on any atom is -0.462 e. The van der Waals surface area contributed by atoms with Crippen LogP contribution in [0.5, 0.6) is 0 Å². The summed E-state index contributed by atoms with van der Waals surface area (Å²) >= 11 is 4.24. The molecule has 0 aliphatic carbocycles. The van der Waals surface area contributed by atoms with Crippen molar-refractivity contribution in [2.75, 3.05) is 0 Å². The third-order valence-corrected chi connectivity index (χ3v) is 3.46. The van der Waals surface area contributed by atoms with Crippen molar-refractivity contribution in [3.63, 3.8) is 0 Å². The molecule has 2 atom stereocenters. The molecule has 0 radical (unpaired) electrons. The fourth-order valence-electron chi connectivity index (χ4n) is 1.46. The Morgan fingerprint density at radius 1 is 1.19 bits per heavy atom. The lowest BCUT2D eigenvalue weighted by Crippen LogP contribution is -2.26. The number of rotatable bonds is 8. The van der Waals surface area contributed by atoms with Crippen LogP contribution in [-0.2, 0) is 9.53 Å². The largest absolute Gasteiger partial charge is 0.462 e. The van der Waals surface area contributed by atoms with E-state index in [9.17, 15) is 4.79 Å². The van der Waals surface area contributed by atoms with Crippen molar-refractivity contribution in [3.05, 3.63) is 0 Å². The van der Waals surface area contributed by atoms with Gasteiger partial charge >= 0.3 is 5.97 Å². The molecule has 0 saturated carbocycles. The summed E-state index contributed by atoms with van der Waals surface area (Å²) in [4.78, 5) is 11.6. The van der Waals surface area contributed by atoms with Gasteiger partial charge in [0, 0.05) is 0 Å². The van der Waals surface area contributed by atoms with Gasteiger partial charge in [-0.1, -0.05) is 40.0 Å². The summed E-state index contributed by atoms with van der Waals surface area (Å²) in [5, 5.41) is -0.293. The Hall–Kier alpha value is -0.180. The van der Waals surface area contributed by atoms with Crippen LogP contribution >= 0.6 is 12.6 Å². The van der Waals surface area contributed by atoms with Crippen molar-refractivity contribution in [1.29, 1.82) is 0 Å². The first-order valence-corrected chi connectivity index (χ1v) is 6.89. The zero-order valence-electron chi connectivity index (χ0n) is 11.0. The van der Waals surface area contributed by atoms with E-state index in [2.05, 4.69) is 19.6 Å². The maximum atomic E-state index is 11.6. The first-order valence-electron chi connectivity index (χ1n) is 6.37. The summed E-state index contributed by atoms with van der Waals surface area (Å²) < 4.78 is 5.34. The highest BCUT2D eigenvalue weighted by atomic mass is 32.1. The molecule has 0 heterocycles. The summed E-state index contributed by atoms with van der Waals surface area (Å²) in [5.41, 5.74) is 0. The Morgan fingerprint density at radius 2 is 1.81 bits per heavy atom. The normalized spacial score (nSPS) is 14.9. The van der Waals surface area contributed by atoms with Crippen molar-refractivity contribution in [2.45, 2.75) is 71.2 Å². The summed E-state index contributed by atoms with van der Waals surface area (Å²) in [7, 11) is 0. The lowest BCUT2D eigenvalue weighted by atomic mass is 10.1. The molecule has 0 aromatic rings. The number of ether oxygens (including phenoxy) is 1. The highest BCUT2D eigenvalue weighted by Gasteiger charge is 2.20. The Balaban J connectivity index is 3.69. The molecule has 0 rings (SSSR count). The zero-order chi connectivity index (χ0) is 12.6. The van der Waals surface area contributed by atoms with Gasteiger partial charge in [0.25, 0.3) is 0 Å². The fourth-order valence-corrected chi connectivity index (χ4v) is 1.52. The Kier molecular flexibility index (Phi) is 8.81. The van der Waals surface area contributed by atoms with Crippen LogP contribution in [0.4, 0.5) is 0 Å². The van der Waals surface area contributed by atoms with Crippen LogP contribution in [0.3, 0.4) is 0 Å². The monoisotopic (exact) mass is 246 g/mol. The first-order chi connectivity index (χ1) is 7.49. The second-order valence-electron chi connectivity index (χ2n) is 4.79. The number of hydrogen-bond acceptors (Lipinski definition) is 3. The van der Waals surface area contributed by atoms with Crippen LogP contribution in [0.25, 0.3) is 0 Å². The molecule has 0 N–H and O–H groups in total. The molecule has 0 saturated heterocycles. The van der Waals surface area contributed by atoms with Crippen LogP contribution in [-0.4, -0.2) is 17.3 Å². The molecule has 0 aliphatic rings. The maximum Gasteiger partial charge on any atom is 0.319 e. The molecule has 0 aromatic carbocycles. The first kappa shape index (κ1) is 15.8. The van der Waals surface area contributed by atoms with Gasteiger partial charge in [-0.05, 0) is 25.7 Å². The van der Waals surface area contributed by atoms with Crippen molar-refractivity contribution in [2.24, 2.45) is 5.92 Å². The third kappa shape index (κ3) is 7.15. The van der Waals surface area contributed by atoms with Crippen LogP contribution in [0.1, 0.15) is 59.8 Å². The highest BCUT2D eigenvalue weighted by molar-refractivity contribution is 7.81. The number of carbonyl (C=O) groups is 1. The molecular weight excluding hydrogens is 220 g/mol. The van der Waals surface area contributed by atoms with Gasteiger partial charge in [-0.3, -0.25) is 4.79 Å². The maximum absolute atomic E-state index is 11.6. The van der Waals surface area contributed by atoms with E-state index in [1.165, 1.54) is 19.3 Å². The van der Waals surface area contributed by atoms with E-state index in [1.807, 2.05) is 20.8 Å². The molecule has 0 fully saturated rings. The van der Waals surface area contributed by atoms with Crippen LogP contribution in [0, 0.1) is 5.92 Å². The predicted molar refractivity (Wildman–Crippen MR) is 71.9 cm³/mol. The van der Waals surface area contributed by atoms with Gasteiger partial charge in [0.15, 0.2) is 0 Å². The quantitative estimate of drug-likeness (QED) is 0.400. The second-order valence-corrected chi connectivity index (χ2v) is 5.34. The van der Waals surface area contributed by atoms with Crippen molar-refractivity contribution in [1.82, 2.24) is 0 Å². The van der Waals surface area contributed by atoms with E-state index in [0.29, 0.717) is 0 Å². The van der Waals surface area contributed by atoms with Gasteiger partial charge in [0.05, 0.1) is 6.10 Å². The Morgan fingerprint density at radius 3 is 2.31 bits per heavy atom. The van der Waals surface area contributed by atoms with Gasteiger partial charge in [0.2, 0.25) is 0 Å². The van der Waals surface area contributed by atoms with Crippen molar-refractivity contribution < 1.29 is 9.53 Å². The zero-order valence-corrected chi connectivity index (χ0v) is 11.9. The number of esters is 1. The molecule has 16 heavy (non-hydrogen) atoms. The third-order valence-electron chi connectivity index (χ3n) is 2.65. The van der Waals surface area contributed by atoms with E-state index in [4.69, 9.17) is 4.74 Å². The van der Waals surface area contributed by atoms with Gasteiger partial charge < -0.3 is 4.74 Å². The molecule has 0 aromatic heterocycles. The molecular formula is C13H26O2S. The fraction of sp³-hybridized carbons (Fsp3) is 0.923. The summed E-state index contributed by atoms with van der Waals surface area (Å²) in [6.07, 6.45) is 5.86. The lowest BCUT2D eigenvalue weighted by Gasteiger charge is -2.18. The van der Waals surface area contributed by atoms with Crippen LogP contribution < -0.4 is 0 Å². The number of carbonyl (C=O) groups excluding carboxylic acids is 1. The molecule has 2 unspecified atom stereocenters. The minimum atomic E-state index is -0.293. The van der Waals surface area contributed by atoms with E-state index in [0.717, 1.165) is 12.8 Å². The van der Waals surface area contributed by atoms with Gasteiger partial charge in [-0.15, -0.1) is 0 Å². The molecule has 96 valence electrons. The number of unbranched alkanes of at least 4 members (excludes halogenated alkanes) is 3. The lowest BCUT2D eigenvalue weighted by molar-refractivity contribution is -0.148. The topological polar surface area (TPSA) is 26.3 Å². The number of hydrogen-bond donors (Lipinski definition) is 1. The minimum absolute atomic E-state index is 0.0257. The van der Waals surface area contributed by atoms with Gasteiger partial charge in [-0.25, -0.2) is 0 Å². The second kappa shape index (κ2) is 8.91. The Bertz CT molecular complexity index is 192. The average molecular weight is 246 g/mol. The van der Waals surface area contributed by atoms with Crippen molar-refractivity contribution in [3.8, 4) is 0 Å². The van der Waals surface area contributed by atoms with E-state index >= 15 is 0 Å². The smallest absolute Gasteiger partial charge is 0.319 e. The molecule has 2 nitrogen and oxygen atoms in total.